The summed E-state index contributed by atoms with van der Waals surface area (Å²) in [4.78, 5) is 0. The summed E-state index contributed by atoms with van der Waals surface area (Å²) in [6, 6.07) is 18.7. The SMILES string of the molecule is CO[C@H]1c2ccccc2OC[C@H]1Cc1ccccc1. The normalized spacial score (nSPS) is 21.5. The van der Waals surface area contributed by atoms with Crippen LogP contribution < -0.4 is 4.74 Å². The minimum absolute atomic E-state index is 0.116. The van der Waals surface area contributed by atoms with Crippen LogP contribution in [0.1, 0.15) is 17.2 Å². The molecule has 0 spiro atoms. The fourth-order valence-electron chi connectivity index (χ4n) is 2.79. The molecule has 0 N–H and O–H groups in total. The monoisotopic (exact) mass is 254 g/mol. The number of hydrogen-bond acceptors (Lipinski definition) is 2. The second kappa shape index (κ2) is 5.45. The van der Waals surface area contributed by atoms with E-state index < -0.39 is 0 Å². The molecule has 1 heterocycles. The highest BCUT2D eigenvalue weighted by Crippen LogP contribution is 2.38. The summed E-state index contributed by atoms with van der Waals surface area (Å²) in [6.07, 6.45) is 1.10. The van der Waals surface area contributed by atoms with Crippen molar-refractivity contribution in [2.24, 2.45) is 5.92 Å². The van der Waals surface area contributed by atoms with Gasteiger partial charge in [-0.05, 0) is 18.1 Å². The molecular weight excluding hydrogens is 236 g/mol. The van der Waals surface area contributed by atoms with Crippen molar-refractivity contribution in [3.8, 4) is 5.75 Å². The summed E-state index contributed by atoms with van der Waals surface area (Å²) in [5.41, 5.74) is 2.50. The van der Waals surface area contributed by atoms with Crippen molar-refractivity contribution < 1.29 is 9.47 Å². The van der Waals surface area contributed by atoms with Gasteiger partial charge in [0.1, 0.15) is 5.75 Å². The van der Waals surface area contributed by atoms with E-state index in [4.69, 9.17) is 9.47 Å². The van der Waals surface area contributed by atoms with Crippen molar-refractivity contribution in [3.63, 3.8) is 0 Å². The van der Waals surface area contributed by atoms with Crippen LogP contribution in [0.3, 0.4) is 0 Å². The molecule has 3 rings (SSSR count). The van der Waals surface area contributed by atoms with Crippen molar-refractivity contribution in [2.75, 3.05) is 13.7 Å². The Hall–Kier alpha value is -1.80. The minimum Gasteiger partial charge on any atom is -0.493 e. The lowest BCUT2D eigenvalue weighted by Gasteiger charge is -2.32. The smallest absolute Gasteiger partial charge is 0.125 e. The first-order chi connectivity index (χ1) is 9.38. The topological polar surface area (TPSA) is 18.5 Å². The number of hydrogen-bond donors (Lipinski definition) is 0. The number of rotatable bonds is 3. The molecular formula is C17H18O2. The Labute approximate surface area is 114 Å². The van der Waals surface area contributed by atoms with Crippen LogP contribution in [0.25, 0.3) is 0 Å². The zero-order valence-electron chi connectivity index (χ0n) is 11.1. The Kier molecular flexibility index (Phi) is 3.51. The van der Waals surface area contributed by atoms with E-state index in [1.165, 1.54) is 5.56 Å². The molecule has 19 heavy (non-hydrogen) atoms. The van der Waals surface area contributed by atoms with E-state index in [-0.39, 0.29) is 6.10 Å². The Balaban J connectivity index is 1.84. The Morgan fingerprint density at radius 1 is 1.05 bits per heavy atom. The van der Waals surface area contributed by atoms with Crippen molar-refractivity contribution in [2.45, 2.75) is 12.5 Å². The van der Waals surface area contributed by atoms with Gasteiger partial charge in [-0.2, -0.15) is 0 Å². The third-order valence-electron chi connectivity index (χ3n) is 3.70. The Morgan fingerprint density at radius 3 is 2.58 bits per heavy atom. The number of ether oxygens (including phenoxy) is 2. The molecule has 0 aliphatic carbocycles. The molecule has 2 aromatic rings. The van der Waals surface area contributed by atoms with Crippen molar-refractivity contribution in [3.05, 3.63) is 65.7 Å². The lowest BCUT2D eigenvalue weighted by molar-refractivity contribution is 0.0118. The molecule has 0 unspecified atom stereocenters. The lowest BCUT2D eigenvalue weighted by atomic mass is 9.88. The molecule has 0 radical (unpaired) electrons. The highest BCUT2D eigenvalue weighted by Gasteiger charge is 2.30. The fourth-order valence-corrected chi connectivity index (χ4v) is 2.79. The molecule has 0 saturated carbocycles. The predicted molar refractivity (Wildman–Crippen MR) is 75.3 cm³/mol. The van der Waals surface area contributed by atoms with E-state index in [1.807, 2.05) is 24.3 Å². The minimum atomic E-state index is 0.116. The Bertz CT molecular complexity index is 536. The fraction of sp³-hybridized carbons (Fsp3) is 0.294. The second-order valence-corrected chi connectivity index (χ2v) is 4.95. The van der Waals surface area contributed by atoms with Gasteiger partial charge >= 0.3 is 0 Å². The van der Waals surface area contributed by atoms with Crippen LogP contribution in [0.5, 0.6) is 5.75 Å². The largest absolute Gasteiger partial charge is 0.493 e. The third kappa shape index (κ3) is 2.49. The van der Waals surface area contributed by atoms with Gasteiger partial charge in [-0.15, -0.1) is 0 Å². The van der Waals surface area contributed by atoms with Crippen LogP contribution in [0.4, 0.5) is 0 Å². The van der Waals surface area contributed by atoms with E-state index in [1.54, 1.807) is 7.11 Å². The van der Waals surface area contributed by atoms with Gasteiger partial charge in [0.05, 0.1) is 12.7 Å². The molecule has 0 fully saturated rings. The van der Waals surface area contributed by atoms with E-state index in [0.717, 1.165) is 17.7 Å². The summed E-state index contributed by atoms with van der Waals surface area (Å²) in [6.45, 7) is 0.713. The summed E-state index contributed by atoms with van der Waals surface area (Å²) < 4.78 is 11.6. The average Bonchev–Trinajstić information content (AvgIpc) is 2.48. The first-order valence-electron chi connectivity index (χ1n) is 6.67. The van der Waals surface area contributed by atoms with E-state index in [0.29, 0.717) is 12.5 Å². The number of para-hydroxylation sites is 1. The number of methoxy groups -OCH3 is 1. The van der Waals surface area contributed by atoms with Crippen LogP contribution >= 0.6 is 0 Å². The van der Waals surface area contributed by atoms with E-state index in [2.05, 4.69) is 30.3 Å². The summed E-state index contributed by atoms with van der Waals surface area (Å²) in [5.74, 6) is 1.32. The molecule has 0 amide bonds. The lowest BCUT2D eigenvalue weighted by Crippen LogP contribution is -2.28. The summed E-state index contributed by atoms with van der Waals surface area (Å²) in [5, 5.41) is 0. The third-order valence-corrected chi connectivity index (χ3v) is 3.70. The van der Waals surface area contributed by atoms with Crippen LogP contribution in [0.15, 0.2) is 54.6 Å². The first-order valence-corrected chi connectivity index (χ1v) is 6.67. The van der Waals surface area contributed by atoms with E-state index in [9.17, 15) is 0 Å². The maximum atomic E-state index is 5.86. The quantitative estimate of drug-likeness (QED) is 0.832. The van der Waals surface area contributed by atoms with Crippen LogP contribution in [0.2, 0.25) is 0 Å². The van der Waals surface area contributed by atoms with Gasteiger partial charge in [-0.1, -0.05) is 48.5 Å². The van der Waals surface area contributed by atoms with Crippen LogP contribution in [-0.2, 0) is 11.2 Å². The van der Waals surface area contributed by atoms with Crippen LogP contribution in [-0.4, -0.2) is 13.7 Å². The summed E-state index contributed by atoms with van der Waals surface area (Å²) in [7, 11) is 1.78. The maximum absolute atomic E-state index is 5.86. The second-order valence-electron chi connectivity index (χ2n) is 4.95. The molecule has 2 heteroatoms. The molecule has 98 valence electrons. The van der Waals surface area contributed by atoms with Gasteiger partial charge in [0.25, 0.3) is 0 Å². The van der Waals surface area contributed by atoms with Gasteiger partial charge in [-0.3, -0.25) is 0 Å². The molecule has 0 bridgehead atoms. The van der Waals surface area contributed by atoms with Crippen molar-refractivity contribution in [1.29, 1.82) is 0 Å². The average molecular weight is 254 g/mol. The molecule has 2 atom stereocenters. The maximum Gasteiger partial charge on any atom is 0.125 e. The molecule has 0 saturated heterocycles. The molecule has 0 aromatic heterocycles. The predicted octanol–water partition coefficient (Wildman–Crippen LogP) is 3.63. The standard InChI is InChI=1S/C17H18O2/c1-18-17-14(11-13-7-3-2-4-8-13)12-19-16-10-6-5-9-15(16)17/h2-10,14,17H,11-12H2,1H3/t14-,17-/m1/s1. The molecule has 2 nitrogen and oxygen atoms in total. The van der Waals surface area contributed by atoms with Gasteiger partial charge in [0.15, 0.2) is 0 Å². The molecule has 2 aromatic carbocycles. The first kappa shape index (κ1) is 12.2. The highest BCUT2D eigenvalue weighted by molar-refractivity contribution is 5.37. The van der Waals surface area contributed by atoms with Gasteiger partial charge in [-0.25, -0.2) is 0 Å². The zero-order chi connectivity index (χ0) is 13.1. The van der Waals surface area contributed by atoms with Crippen LogP contribution in [0, 0.1) is 5.92 Å². The van der Waals surface area contributed by atoms with Gasteiger partial charge in [0, 0.05) is 18.6 Å². The molecule has 1 aliphatic heterocycles. The highest BCUT2D eigenvalue weighted by atomic mass is 16.5. The van der Waals surface area contributed by atoms with Crippen molar-refractivity contribution >= 4 is 0 Å². The molecule has 1 aliphatic rings. The van der Waals surface area contributed by atoms with E-state index >= 15 is 0 Å². The Morgan fingerprint density at radius 2 is 1.79 bits per heavy atom. The van der Waals surface area contributed by atoms with Gasteiger partial charge < -0.3 is 9.47 Å². The number of fused-ring (bicyclic) bond motifs is 1. The summed E-state index contributed by atoms with van der Waals surface area (Å²) >= 11 is 0. The number of benzene rings is 2. The van der Waals surface area contributed by atoms with Gasteiger partial charge in [0.2, 0.25) is 0 Å². The van der Waals surface area contributed by atoms with Crippen molar-refractivity contribution in [1.82, 2.24) is 0 Å². The zero-order valence-corrected chi connectivity index (χ0v) is 11.1.